The fourth-order valence-corrected chi connectivity index (χ4v) is 4.53. The van der Waals surface area contributed by atoms with Gasteiger partial charge in [-0.05, 0) is 55.0 Å². The van der Waals surface area contributed by atoms with E-state index in [1.165, 1.54) is 36.8 Å². The highest BCUT2D eigenvalue weighted by Crippen LogP contribution is 2.36. The molecule has 0 saturated heterocycles. The molecule has 1 fully saturated rings. The summed E-state index contributed by atoms with van der Waals surface area (Å²) < 4.78 is 0. The third-order valence-corrected chi connectivity index (χ3v) is 5.97. The van der Waals surface area contributed by atoms with Crippen molar-refractivity contribution in [1.29, 1.82) is 0 Å². The first-order chi connectivity index (χ1) is 12.8. The quantitative estimate of drug-likeness (QED) is 0.610. The number of hydrogen-bond acceptors (Lipinski definition) is 2. The Labute approximate surface area is 152 Å². The number of rotatable bonds is 2. The summed E-state index contributed by atoms with van der Waals surface area (Å²) in [6.45, 7) is 0. The summed E-state index contributed by atoms with van der Waals surface area (Å²) in [5.74, 6) is 0.0618. The lowest BCUT2D eigenvalue weighted by Gasteiger charge is -2.16. The number of carbonyl (C=O) groups excluding carboxylic acids is 1. The summed E-state index contributed by atoms with van der Waals surface area (Å²) in [6, 6.07) is 6.35. The Balaban J connectivity index is 1.46. The highest BCUT2D eigenvalue weighted by Gasteiger charge is 2.23. The van der Waals surface area contributed by atoms with Gasteiger partial charge in [-0.2, -0.15) is 5.10 Å². The van der Waals surface area contributed by atoms with Gasteiger partial charge in [-0.15, -0.1) is 0 Å². The zero-order valence-corrected chi connectivity index (χ0v) is 14.9. The van der Waals surface area contributed by atoms with Crippen LogP contribution in [-0.2, 0) is 12.8 Å². The maximum Gasteiger partial charge on any atom is 0.251 e. The van der Waals surface area contributed by atoms with Crippen LogP contribution < -0.4 is 5.32 Å². The normalized spacial score (nSPS) is 17.5. The van der Waals surface area contributed by atoms with Crippen LogP contribution in [0.4, 0.5) is 0 Å². The molecule has 0 aliphatic heterocycles. The highest BCUT2D eigenvalue weighted by molar-refractivity contribution is 6.00. The van der Waals surface area contributed by atoms with Gasteiger partial charge in [0.1, 0.15) is 0 Å². The summed E-state index contributed by atoms with van der Waals surface area (Å²) in [7, 11) is 0. The van der Waals surface area contributed by atoms with E-state index in [1.54, 1.807) is 0 Å². The van der Waals surface area contributed by atoms with Crippen LogP contribution in [0.15, 0.2) is 24.4 Å². The van der Waals surface area contributed by atoms with Gasteiger partial charge in [-0.25, -0.2) is 0 Å². The molecular weight excluding hydrogens is 324 g/mol. The van der Waals surface area contributed by atoms with Crippen molar-refractivity contribution < 1.29 is 4.79 Å². The van der Waals surface area contributed by atoms with Crippen LogP contribution in [-0.4, -0.2) is 27.1 Å². The minimum absolute atomic E-state index is 0.0618. The largest absolute Gasteiger partial charge is 0.353 e. The van der Waals surface area contributed by atoms with Crippen LogP contribution in [0.25, 0.3) is 22.3 Å². The first kappa shape index (κ1) is 15.7. The van der Waals surface area contributed by atoms with Gasteiger partial charge in [0.2, 0.25) is 0 Å². The Hall–Kier alpha value is -2.56. The van der Waals surface area contributed by atoms with Crippen LogP contribution in [0.2, 0.25) is 0 Å². The molecule has 1 saturated carbocycles. The predicted molar refractivity (Wildman–Crippen MR) is 102 cm³/mol. The van der Waals surface area contributed by atoms with Crippen LogP contribution in [0.1, 0.15) is 60.0 Å². The SMILES string of the molecule is O=C(NC1CCCCCC1)c1ccc2[nH]c3c(c2c1)CCc1cn[nH]c1-3. The van der Waals surface area contributed by atoms with Crippen molar-refractivity contribution in [1.82, 2.24) is 20.5 Å². The van der Waals surface area contributed by atoms with E-state index in [0.717, 1.165) is 53.5 Å². The number of aromatic nitrogens is 3. The van der Waals surface area contributed by atoms with Gasteiger partial charge < -0.3 is 10.3 Å². The van der Waals surface area contributed by atoms with Crippen molar-refractivity contribution >= 4 is 16.8 Å². The minimum Gasteiger partial charge on any atom is -0.353 e. The lowest BCUT2D eigenvalue weighted by atomic mass is 9.93. The molecule has 134 valence electrons. The first-order valence-electron chi connectivity index (χ1n) is 9.77. The molecule has 2 heterocycles. The summed E-state index contributed by atoms with van der Waals surface area (Å²) in [5, 5.41) is 11.7. The van der Waals surface area contributed by atoms with Gasteiger partial charge in [0.25, 0.3) is 5.91 Å². The number of fused-ring (bicyclic) bond motifs is 5. The van der Waals surface area contributed by atoms with E-state index in [2.05, 4.69) is 26.6 Å². The highest BCUT2D eigenvalue weighted by atomic mass is 16.1. The molecule has 2 aromatic heterocycles. The average molecular weight is 348 g/mol. The Morgan fingerprint density at radius 2 is 1.92 bits per heavy atom. The molecule has 3 N–H and O–H groups in total. The Kier molecular flexibility index (Phi) is 3.80. The zero-order chi connectivity index (χ0) is 17.5. The number of amides is 1. The Bertz CT molecular complexity index is 960. The van der Waals surface area contributed by atoms with E-state index in [0.29, 0.717) is 6.04 Å². The van der Waals surface area contributed by atoms with Gasteiger partial charge >= 0.3 is 0 Å². The van der Waals surface area contributed by atoms with E-state index in [9.17, 15) is 4.79 Å². The molecule has 26 heavy (non-hydrogen) atoms. The van der Waals surface area contributed by atoms with Crippen molar-refractivity contribution in [3.05, 3.63) is 41.1 Å². The summed E-state index contributed by atoms with van der Waals surface area (Å²) in [5.41, 5.74) is 6.62. The van der Waals surface area contributed by atoms with Crippen molar-refractivity contribution in [3.8, 4) is 11.4 Å². The van der Waals surface area contributed by atoms with Gasteiger partial charge in [0.05, 0.1) is 17.6 Å². The number of nitrogens with one attached hydrogen (secondary N) is 3. The van der Waals surface area contributed by atoms with Crippen molar-refractivity contribution in [3.63, 3.8) is 0 Å². The molecule has 5 heteroatoms. The fraction of sp³-hybridized carbons (Fsp3) is 0.429. The molecule has 1 amide bonds. The third kappa shape index (κ3) is 2.62. The lowest BCUT2D eigenvalue weighted by molar-refractivity contribution is 0.0933. The second kappa shape index (κ2) is 6.31. The molecule has 0 atom stereocenters. The topological polar surface area (TPSA) is 73.6 Å². The molecule has 0 spiro atoms. The predicted octanol–water partition coefficient (Wildman–Crippen LogP) is 4.11. The van der Waals surface area contributed by atoms with E-state index in [-0.39, 0.29) is 5.91 Å². The van der Waals surface area contributed by atoms with E-state index < -0.39 is 0 Å². The van der Waals surface area contributed by atoms with Crippen LogP contribution in [0, 0.1) is 0 Å². The monoisotopic (exact) mass is 348 g/mol. The van der Waals surface area contributed by atoms with Crippen LogP contribution >= 0.6 is 0 Å². The average Bonchev–Trinajstić information content (AvgIpc) is 3.19. The number of H-pyrrole nitrogens is 2. The molecule has 2 aliphatic rings. The number of aromatic amines is 2. The summed E-state index contributed by atoms with van der Waals surface area (Å²) >= 11 is 0. The molecule has 0 radical (unpaired) electrons. The van der Waals surface area contributed by atoms with E-state index >= 15 is 0 Å². The molecule has 2 aliphatic carbocycles. The Morgan fingerprint density at radius 1 is 1.08 bits per heavy atom. The van der Waals surface area contributed by atoms with E-state index in [4.69, 9.17) is 0 Å². The smallest absolute Gasteiger partial charge is 0.251 e. The van der Waals surface area contributed by atoms with Crippen molar-refractivity contribution in [2.24, 2.45) is 0 Å². The molecule has 3 aromatic rings. The van der Waals surface area contributed by atoms with Crippen molar-refractivity contribution in [2.75, 3.05) is 0 Å². The second-order valence-corrected chi connectivity index (χ2v) is 7.67. The number of carbonyl (C=O) groups is 1. The maximum atomic E-state index is 12.8. The molecule has 0 bridgehead atoms. The van der Waals surface area contributed by atoms with Crippen LogP contribution in [0.3, 0.4) is 0 Å². The lowest BCUT2D eigenvalue weighted by Crippen LogP contribution is -2.34. The standard InChI is InChI=1S/C21H24N4O/c26-21(23-15-5-3-1-2-4-6-15)13-8-10-18-17(11-13)16-9-7-14-12-22-25-19(14)20(16)24-18/h8,10-12,15,24H,1-7,9H2,(H,22,25)(H,23,26). The van der Waals surface area contributed by atoms with Gasteiger partial charge in [-0.3, -0.25) is 9.89 Å². The zero-order valence-electron chi connectivity index (χ0n) is 14.9. The maximum absolute atomic E-state index is 12.8. The number of hydrogen-bond donors (Lipinski definition) is 3. The van der Waals surface area contributed by atoms with Gasteiger partial charge in [0.15, 0.2) is 0 Å². The summed E-state index contributed by atoms with van der Waals surface area (Å²) in [4.78, 5) is 16.3. The fourth-order valence-electron chi connectivity index (χ4n) is 4.53. The van der Waals surface area contributed by atoms with Crippen LogP contribution in [0.5, 0.6) is 0 Å². The number of benzene rings is 1. The molecular formula is C21H24N4O. The molecule has 5 nitrogen and oxygen atoms in total. The van der Waals surface area contributed by atoms with Gasteiger partial charge in [0, 0.05) is 22.5 Å². The third-order valence-electron chi connectivity index (χ3n) is 5.97. The first-order valence-corrected chi connectivity index (χ1v) is 9.77. The number of nitrogens with zero attached hydrogens (tertiary/aromatic N) is 1. The summed E-state index contributed by atoms with van der Waals surface area (Å²) in [6.07, 6.45) is 11.1. The van der Waals surface area contributed by atoms with Gasteiger partial charge in [-0.1, -0.05) is 25.7 Å². The Morgan fingerprint density at radius 3 is 2.77 bits per heavy atom. The molecule has 5 rings (SSSR count). The number of aryl methyl sites for hydroxylation is 2. The minimum atomic E-state index is 0.0618. The second-order valence-electron chi connectivity index (χ2n) is 7.67. The van der Waals surface area contributed by atoms with E-state index in [1.807, 2.05) is 18.3 Å². The molecule has 0 unspecified atom stereocenters. The molecule has 1 aromatic carbocycles. The van der Waals surface area contributed by atoms with Crippen molar-refractivity contribution in [2.45, 2.75) is 57.4 Å².